The van der Waals surface area contributed by atoms with E-state index < -0.39 is 0 Å². The van der Waals surface area contributed by atoms with Gasteiger partial charge in [0.15, 0.2) is 5.82 Å². The first kappa shape index (κ1) is 10.6. The second kappa shape index (κ2) is 4.71. The largest absolute Gasteiger partial charge is 0.383 e. The highest BCUT2D eigenvalue weighted by Crippen LogP contribution is 2.10. The summed E-state index contributed by atoms with van der Waals surface area (Å²) in [4.78, 5) is 13.9. The van der Waals surface area contributed by atoms with Crippen molar-refractivity contribution in [2.24, 2.45) is 0 Å². The summed E-state index contributed by atoms with van der Waals surface area (Å²) in [5, 5.41) is 7.78. The Labute approximate surface area is 91.9 Å². The van der Waals surface area contributed by atoms with Gasteiger partial charge in [-0.15, -0.1) is 10.2 Å². The highest BCUT2D eigenvalue weighted by atomic mass is 16.5. The van der Waals surface area contributed by atoms with Gasteiger partial charge in [0.05, 0.1) is 12.3 Å². The number of aromatic nitrogens is 4. The van der Waals surface area contributed by atoms with E-state index in [2.05, 4.69) is 15.2 Å². The second-order valence-corrected chi connectivity index (χ2v) is 3.27. The third kappa shape index (κ3) is 2.17. The van der Waals surface area contributed by atoms with E-state index in [9.17, 15) is 4.79 Å². The number of pyridine rings is 1. The fraction of sp³-hybridized carbons (Fsp3) is 0.300. The van der Waals surface area contributed by atoms with Crippen molar-refractivity contribution in [3.05, 3.63) is 34.9 Å². The molecule has 0 saturated heterocycles. The number of rotatable bonds is 4. The second-order valence-electron chi connectivity index (χ2n) is 3.27. The van der Waals surface area contributed by atoms with Crippen LogP contribution in [-0.2, 0) is 11.3 Å². The van der Waals surface area contributed by atoms with Crippen molar-refractivity contribution in [3.8, 4) is 11.5 Å². The van der Waals surface area contributed by atoms with Crippen molar-refractivity contribution in [2.45, 2.75) is 6.54 Å². The predicted molar refractivity (Wildman–Crippen MR) is 58.0 cm³/mol. The average Bonchev–Trinajstić information content (AvgIpc) is 2.74. The molecule has 6 heteroatoms. The summed E-state index contributed by atoms with van der Waals surface area (Å²) < 4.78 is 6.81. The van der Waals surface area contributed by atoms with Crippen molar-refractivity contribution in [1.82, 2.24) is 19.7 Å². The number of hydrogen-bond acceptors (Lipinski definition) is 4. The molecule has 84 valence electrons. The van der Waals surface area contributed by atoms with Crippen molar-refractivity contribution in [3.63, 3.8) is 0 Å². The Kier molecular flexibility index (Phi) is 3.11. The minimum Gasteiger partial charge on any atom is -0.383 e. The maximum atomic E-state index is 11.2. The molecule has 6 nitrogen and oxygen atoms in total. The highest BCUT2D eigenvalue weighted by Gasteiger charge is 2.07. The molecule has 0 bridgehead atoms. The van der Waals surface area contributed by atoms with Crippen LogP contribution < -0.4 is 5.56 Å². The van der Waals surface area contributed by atoms with Crippen molar-refractivity contribution in [2.75, 3.05) is 13.7 Å². The van der Waals surface area contributed by atoms with Crippen LogP contribution in [0.4, 0.5) is 0 Å². The van der Waals surface area contributed by atoms with E-state index in [0.717, 1.165) is 0 Å². The standard InChI is InChI=1S/C10H12N4O2/c1-16-6-5-14-7-11-13-10(14)8-3-2-4-9(15)12-8/h2-4,7H,5-6H2,1H3,(H,12,15). The van der Waals surface area contributed by atoms with Gasteiger partial charge in [0.1, 0.15) is 6.33 Å². The molecule has 2 aromatic heterocycles. The lowest BCUT2D eigenvalue weighted by atomic mass is 10.3. The molecular weight excluding hydrogens is 208 g/mol. The molecule has 0 aliphatic rings. The number of nitrogens with one attached hydrogen (secondary N) is 1. The molecule has 0 radical (unpaired) electrons. The minimum atomic E-state index is -0.154. The third-order valence-electron chi connectivity index (χ3n) is 2.16. The van der Waals surface area contributed by atoms with Crippen LogP contribution in [0, 0.1) is 0 Å². The number of hydrogen-bond donors (Lipinski definition) is 1. The van der Waals surface area contributed by atoms with Gasteiger partial charge in [0.2, 0.25) is 5.56 Å². The zero-order chi connectivity index (χ0) is 11.4. The lowest BCUT2D eigenvalue weighted by Crippen LogP contribution is -2.09. The maximum Gasteiger partial charge on any atom is 0.248 e. The highest BCUT2D eigenvalue weighted by molar-refractivity contribution is 5.48. The Morgan fingerprint density at radius 1 is 1.50 bits per heavy atom. The van der Waals surface area contributed by atoms with Crippen LogP contribution >= 0.6 is 0 Å². The summed E-state index contributed by atoms with van der Waals surface area (Å²) in [7, 11) is 1.63. The first-order valence-electron chi connectivity index (χ1n) is 4.87. The fourth-order valence-electron chi connectivity index (χ4n) is 1.40. The molecule has 0 saturated carbocycles. The van der Waals surface area contributed by atoms with Crippen LogP contribution in [0.5, 0.6) is 0 Å². The van der Waals surface area contributed by atoms with E-state index in [1.807, 2.05) is 4.57 Å². The molecule has 0 fully saturated rings. The SMILES string of the molecule is COCCn1cnnc1-c1cccc(=O)[nH]1. The number of aromatic amines is 1. The smallest absolute Gasteiger partial charge is 0.248 e. The fourth-order valence-corrected chi connectivity index (χ4v) is 1.40. The quantitative estimate of drug-likeness (QED) is 0.803. The van der Waals surface area contributed by atoms with Crippen molar-refractivity contribution in [1.29, 1.82) is 0 Å². The number of ether oxygens (including phenoxy) is 1. The van der Waals surface area contributed by atoms with Crippen LogP contribution in [0.1, 0.15) is 0 Å². The molecular formula is C10H12N4O2. The molecule has 0 atom stereocenters. The van der Waals surface area contributed by atoms with Gasteiger partial charge in [-0.05, 0) is 6.07 Å². The molecule has 0 aliphatic carbocycles. The van der Waals surface area contributed by atoms with E-state index in [1.165, 1.54) is 6.07 Å². The molecule has 2 rings (SSSR count). The van der Waals surface area contributed by atoms with Crippen LogP contribution in [0.3, 0.4) is 0 Å². The molecule has 2 heterocycles. The van der Waals surface area contributed by atoms with E-state index in [1.54, 1.807) is 25.6 Å². The molecule has 16 heavy (non-hydrogen) atoms. The van der Waals surface area contributed by atoms with E-state index in [0.29, 0.717) is 24.7 Å². The molecule has 0 spiro atoms. The Morgan fingerprint density at radius 3 is 3.12 bits per heavy atom. The molecule has 2 aromatic rings. The minimum absolute atomic E-state index is 0.154. The normalized spacial score (nSPS) is 10.6. The Hall–Kier alpha value is -1.95. The Balaban J connectivity index is 2.33. The van der Waals surface area contributed by atoms with Gasteiger partial charge in [-0.25, -0.2) is 0 Å². The van der Waals surface area contributed by atoms with Crippen LogP contribution in [-0.4, -0.2) is 33.5 Å². The Morgan fingerprint density at radius 2 is 2.38 bits per heavy atom. The van der Waals surface area contributed by atoms with Gasteiger partial charge in [-0.1, -0.05) is 6.07 Å². The number of nitrogens with zero attached hydrogens (tertiary/aromatic N) is 3. The molecule has 0 amide bonds. The van der Waals surface area contributed by atoms with E-state index in [-0.39, 0.29) is 5.56 Å². The topological polar surface area (TPSA) is 72.8 Å². The maximum absolute atomic E-state index is 11.2. The average molecular weight is 220 g/mol. The zero-order valence-corrected chi connectivity index (χ0v) is 8.88. The summed E-state index contributed by atoms with van der Waals surface area (Å²) in [5.41, 5.74) is 0.500. The molecule has 0 aliphatic heterocycles. The lowest BCUT2D eigenvalue weighted by molar-refractivity contribution is 0.187. The van der Waals surface area contributed by atoms with Gasteiger partial charge in [0.25, 0.3) is 0 Å². The van der Waals surface area contributed by atoms with Crippen LogP contribution in [0.15, 0.2) is 29.3 Å². The Bertz CT molecular complexity index is 517. The third-order valence-corrected chi connectivity index (χ3v) is 2.16. The first-order chi connectivity index (χ1) is 7.81. The number of H-pyrrole nitrogens is 1. The summed E-state index contributed by atoms with van der Waals surface area (Å²) in [6.45, 7) is 1.22. The van der Waals surface area contributed by atoms with Crippen LogP contribution in [0.2, 0.25) is 0 Å². The molecule has 0 aromatic carbocycles. The van der Waals surface area contributed by atoms with Crippen LogP contribution in [0.25, 0.3) is 11.5 Å². The number of methoxy groups -OCH3 is 1. The van der Waals surface area contributed by atoms with Gasteiger partial charge in [-0.2, -0.15) is 0 Å². The van der Waals surface area contributed by atoms with Crippen molar-refractivity contribution >= 4 is 0 Å². The predicted octanol–water partition coefficient (Wildman–Crippen LogP) is 0.280. The molecule has 1 N–H and O–H groups in total. The van der Waals surface area contributed by atoms with E-state index in [4.69, 9.17) is 4.74 Å². The lowest BCUT2D eigenvalue weighted by Gasteiger charge is -2.04. The zero-order valence-electron chi connectivity index (χ0n) is 8.88. The van der Waals surface area contributed by atoms with E-state index >= 15 is 0 Å². The van der Waals surface area contributed by atoms with Gasteiger partial charge in [0, 0.05) is 19.7 Å². The van der Waals surface area contributed by atoms with Gasteiger partial charge < -0.3 is 14.3 Å². The van der Waals surface area contributed by atoms with Crippen molar-refractivity contribution < 1.29 is 4.74 Å². The summed E-state index contributed by atoms with van der Waals surface area (Å²) >= 11 is 0. The molecule has 0 unspecified atom stereocenters. The van der Waals surface area contributed by atoms with Gasteiger partial charge in [-0.3, -0.25) is 4.79 Å². The monoisotopic (exact) mass is 220 g/mol. The van der Waals surface area contributed by atoms with Gasteiger partial charge >= 0.3 is 0 Å². The summed E-state index contributed by atoms with van der Waals surface area (Å²) in [5.74, 6) is 0.634. The summed E-state index contributed by atoms with van der Waals surface area (Å²) in [6, 6.07) is 4.93. The first-order valence-corrected chi connectivity index (χ1v) is 4.87. The summed E-state index contributed by atoms with van der Waals surface area (Å²) in [6.07, 6.45) is 1.61.